The summed E-state index contributed by atoms with van der Waals surface area (Å²) in [6.45, 7) is 9.11. The molecule has 1 rings (SSSR count). The summed E-state index contributed by atoms with van der Waals surface area (Å²) in [7, 11) is 0. The van der Waals surface area contributed by atoms with Crippen molar-refractivity contribution in [1.82, 2.24) is 16.0 Å². The Balaban J connectivity index is 1.95. The molecular formula is C17H37N3. The number of hydrogen-bond acceptors (Lipinski definition) is 3. The lowest BCUT2D eigenvalue weighted by atomic mass is 9.99. The van der Waals surface area contributed by atoms with Crippen molar-refractivity contribution in [2.75, 3.05) is 39.3 Å². The highest BCUT2D eigenvalue weighted by atomic mass is 15.0. The molecule has 1 aliphatic heterocycles. The van der Waals surface area contributed by atoms with E-state index in [1.807, 2.05) is 0 Å². The van der Waals surface area contributed by atoms with E-state index in [2.05, 4.69) is 22.9 Å². The van der Waals surface area contributed by atoms with Gasteiger partial charge in [0.25, 0.3) is 0 Å². The summed E-state index contributed by atoms with van der Waals surface area (Å²) < 4.78 is 0. The highest BCUT2D eigenvalue weighted by molar-refractivity contribution is 4.68. The van der Waals surface area contributed by atoms with Gasteiger partial charge in [-0.05, 0) is 25.4 Å². The molecule has 0 saturated carbocycles. The van der Waals surface area contributed by atoms with E-state index in [1.165, 1.54) is 70.9 Å². The normalized spacial score (nSPS) is 19.1. The van der Waals surface area contributed by atoms with E-state index in [-0.39, 0.29) is 0 Å². The monoisotopic (exact) mass is 283 g/mol. The maximum atomic E-state index is 3.58. The zero-order chi connectivity index (χ0) is 14.3. The molecular weight excluding hydrogens is 246 g/mol. The lowest BCUT2D eigenvalue weighted by Gasteiger charge is -2.20. The van der Waals surface area contributed by atoms with E-state index in [0.717, 1.165) is 32.1 Å². The third kappa shape index (κ3) is 10.6. The summed E-state index contributed by atoms with van der Waals surface area (Å²) in [6, 6.07) is 0. The Kier molecular flexibility index (Phi) is 12.4. The van der Waals surface area contributed by atoms with Gasteiger partial charge in [-0.15, -0.1) is 0 Å². The molecule has 3 N–H and O–H groups in total. The molecule has 120 valence electrons. The number of hydrogen-bond donors (Lipinski definition) is 3. The van der Waals surface area contributed by atoms with Gasteiger partial charge in [-0.3, -0.25) is 0 Å². The van der Waals surface area contributed by atoms with Crippen LogP contribution in [0, 0.1) is 5.92 Å². The maximum absolute atomic E-state index is 3.58. The first-order valence-electron chi connectivity index (χ1n) is 9.05. The Hall–Kier alpha value is -0.120. The fourth-order valence-corrected chi connectivity index (χ4v) is 2.93. The molecule has 1 fully saturated rings. The summed E-state index contributed by atoms with van der Waals surface area (Å²) >= 11 is 0. The largest absolute Gasteiger partial charge is 0.315 e. The first-order valence-corrected chi connectivity index (χ1v) is 9.05. The van der Waals surface area contributed by atoms with Crippen molar-refractivity contribution in [3.8, 4) is 0 Å². The second-order valence-corrected chi connectivity index (χ2v) is 6.29. The van der Waals surface area contributed by atoms with E-state index < -0.39 is 0 Å². The molecule has 1 heterocycles. The van der Waals surface area contributed by atoms with Gasteiger partial charge in [0.05, 0.1) is 0 Å². The number of unbranched alkanes of at least 4 members (excludes halogenated alkanes) is 7. The van der Waals surface area contributed by atoms with Crippen molar-refractivity contribution in [2.24, 2.45) is 5.92 Å². The van der Waals surface area contributed by atoms with Crippen molar-refractivity contribution < 1.29 is 0 Å². The van der Waals surface area contributed by atoms with Crippen LogP contribution in [0.1, 0.15) is 64.7 Å². The predicted octanol–water partition coefficient (Wildman–Crippen LogP) is 2.92. The Labute approximate surface area is 126 Å². The fraction of sp³-hybridized carbons (Fsp3) is 1.00. The van der Waals surface area contributed by atoms with E-state index in [1.54, 1.807) is 0 Å². The molecule has 20 heavy (non-hydrogen) atoms. The van der Waals surface area contributed by atoms with Gasteiger partial charge in [0.2, 0.25) is 0 Å². The zero-order valence-electron chi connectivity index (χ0n) is 13.7. The van der Waals surface area contributed by atoms with Gasteiger partial charge in [0, 0.05) is 26.2 Å². The Morgan fingerprint density at radius 1 is 0.650 bits per heavy atom. The van der Waals surface area contributed by atoms with Crippen LogP contribution in [0.25, 0.3) is 0 Å². The molecule has 3 heteroatoms. The summed E-state index contributed by atoms with van der Waals surface area (Å²) in [6.07, 6.45) is 12.8. The molecule has 0 aromatic rings. The second-order valence-electron chi connectivity index (χ2n) is 6.29. The first-order chi connectivity index (χ1) is 9.93. The molecule has 1 aliphatic rings. The average molecular weight is 284 g/mol. The molecule has 0 aliphatic carbocycles. The lowest BCUT2D eigenvalue weighted by Crippen LogP contribution is -2.40. The van der Waals surface area contributed by atoms with Crippen molar-refractivity contribution in [3.05, 3.63) is 0 Å². The van der Waals surface area contributed by atoms with Crippen LogP contribution in [0.2, 0.25) is 0 Å². The third-order valence-corrected chi connectivity index (χ3v) is 4.29. The van der Waals surface area contributed by atoms with Crippen LogP contribution in [0.15, 0.2) is 0 Å². The van der Waals surface area contributed by atoms with Crippen LogP contribution in [0.5, 0.6) is 0 Å². The van der Waals surface area contributed by atoms with Gasteiger partial charge in [-0.1, -0.05) is 58.3 Å². The van der Waals surface area contributed by atoms with Crippen molar-refractivity contribution in [3.63, 3.8) is 0 Å². The van der Waals surface area contributed by atoms with Crippen molar-refractivity contribution in [1.29, 1.82) is 0 Å². The second kappa shape index (κ2) is 13.8. The number of rotatable bonds is 9. The van der Waals surface area contributed by atoms with Gasteiger partial charge in [0.1, 0.15) is 0 Å². The first kappa shape index (κ1) is 17.9. The van der Waals surface area contributed by atoms with Crippen molar-refractivity contribution in [2.45, 2.75) is 64.7 Å². The van der Waals surface area contributed by atoms with Gasteiger partial charge >= 0.3 is 0 Å². The smallest absolute Gasteiger partial charge is 0.00772 e. The van der Waals surface area contributed by atoms with Crippen LogP contribution in [-0.4, -0.2) is 39.3 Å². The summed E-state index contributed by atoms with van der Waals surface area (Å²) in [5.41, 5.74) is 0. The summed E-state index contributed by atoms with van der Waals surface area (Å²) in [5.74, 6) is 0.827. The lowest BCUT2D eigenvalue weighted by molar-refractivity contribution is 0.387. The van der Waals surface area contributed by atoms with E-state index in [4.69, 9.17) is 0 Å². The molecule has 1 saturated heterocycles. The average Bonchev–Trinajstić information content (AvgIpc) is 2.48. The molecule has 0 aromatic carbocycles. The van der Waals surface area contributed by atoms with E-state index in [9.17, 15) is 0 Å². The molecule has 3 nitrogen and oxygen atoms in total. The summed E-state index contributed by atoms with van der Waals surface area (Å²) in [5, 5.41) is 10.6. The van der Waals surface area contributed by atoms with Crippen LogP contribution < -0.4 is 16.0 Å². The fourth-order valence-electron chi connectivity index (χ4n) is 2.93. The standard InChI is InChI=1S/C17H37N3/c1-2-3-4-5-6-7-8-9-10-17-15-19-13-11-18-12-14-20-16-17/h17-20H,2-16H2,1H3. The highest BCUT2D eigenvalue weighted by Crippen LogP contribution is 2.12. The molecule has 0 bridgehead atoms. The highest BCUT2D eigenvalue weighted by Gasteiger charge is 2.08. The van der Waals surface area contributed by atoms with Crippen LogP contribution in [0.3, 0.4) is 0 Å². The quantitative estimate of drug-likeness (QED) is 0.569. The Morgan fingerprint density at radius 2 is 1.15 bits per heavy atom. The van der Waals surface area contributed by atoms with Crippen LogP contribution in [-0.2, 0) is 0 Å². The van der Waals surface area contributed by atoms with E-state index in [0.29, 0.717) is 0 Å². The van der Waals surface area contributed by atoms with Crippen LogP contribution in [0.4, 0.5) is 0 Å². The molecule has 0 aromatic heterocycles. The van der Waals surface area contributed by atoms with Gasteiger partial charge < -0.3 is 16.0 Å². The molecule has 0 amide bonds. The molecule has 0 radical (unpaired) electrons. The van der Waals surface area contributed by atoms with Gasteiger partial charge in [0.15, 0.2) is 0 Å². The van der Waals surface area contributed by atoms with Crippen molar-refractivity contribution >= 4 is 0 Å². The number of nitrogens with one attached hydrogen (secondary N) is 3. The zero-order valence-corrected chi connectivity index (χ0v) is 13.7. The predicted molar refractivity (Wildman–Crippen MR) is 89.3 cm³/mol. The topological polar surface area (TPSA) is 36.1 Å². The maximum Gasteiger partial charge on any atom is 0.00772 e. The molecule has 0 atom stereocenters. The minimum absolute atomic E-state index is 0.827. The van der Waals surface area contributed by atoms with Gasteiger partial charge in [-0.25, -0.2) is 0 Å². The minimum Gasteiger partial charge on any atom is -0.315 e. The Morgan fingerprint density at radius 3 is 1.75 bits per heavy atom. The Bertz CT molecular complexity index is 187. The van der Waals surface area contributed by atoms with Crippen LogP contribution >= 0.6 is 0 Å². The third-order valence-electron chi connectivity index (χ3n) is 4.29. The summed E-state index contributed by atoms with van der Waals surface area (Å²) in [4.78, 5) is 0. The molecule has 0 spiro atoms. The SMILES string of the molecule is CCCCCCCCCCC1CNCCNCCNC1. The minimum atomic E-state index is 0.827. The van der Waals surface area contributed by atoms with Gasteiger partial charge in [-0.2, -0.15) is 0 Å². The molecule has 0 unspecified atom stereocenters. The van der Waals surface area contributed by atoms with E-state index >= 15 is 0 Å².